The highest BCUT2D eigenvalue weighted by molar-refractivity contribution is 7.89. The van der Waals surface area contributed by atoms with Gasteiger partial charge in [0.25, 0.3) is 10.0 Å². The van der Waals surface area contributed by atoms with Gasteiger partial charge in [0, 0.05) is 5.92 Å². The molecule has 0 spiro atoms. The Labute approximate surface area is 89.6 Å². The molecule has 0 amide bonds. The first kappa shape index (κ1) is 10.6. The maximum absolute atomic E-state index is 11.7. The third-order valence-electron chi connectivity index (χ3n) is 2.47. The van der Waals surface area contributed by atoms with Crippen LogP contribution >= 0.6 is 0 Å². The average molecular weight is 229 g/mol. The fraction of sp³-hybridized carbons (Fsp3) is 0.778. The van der Waals surface area contributed by atoms with Gasteiger partial charge >= 0.3 is 0 Å². The number of rotatable bonds is 5. The highest BCUT2D eigenvalue weighted by Crippen LogP contribution is 2.37. The SMILES string of the molecule is CCCCS(=O)(=O)n1cnc(C2CC2)n1. The quantitative estimate of drug-likeness (QED) is 0.759. The van der Waals surface area contributed by atoms with Crippen LogP contribution in [0.4, 0.5) is 0 Å². The van der Waals surface area contributed by atoms with E-state index in [1.165, 1.54) is 6.33 Å². The van der Waals surface area contributed by atoms with Gasteiger partial charge in [-0.3, -0.25) is 0 Å². The molecule has 0 radical (unpaired) electrons. The summed E-state index contributed by atoms with van der Waals surface area (Å²) in [5, 5.41) is 4.01. The molecule has 1 aromatic rings. The zero-order chi connectivity index (χ0) is 10.9. The zero-order valence-electron chi connectivity index (χ0n) is 8.76. The highest BCUT2D eigenvalue weighted by atomic mass is 32.2. The van der Waals surface area contributed by atoms with E-state index in [-0.39, 0.29) is 5.75 Å². The Morgan fingerprint density at radius 3 is 2.87 bits per heavy atom. The second-order valence-corrected chi connectivity index (χ2v) is 5.87. The van der Waals surface area contributed by atoms with Crippen molar-refractivity contribution in [3.8, 4) is 0 Å². The van der Waals surface area contributed by atoms with Gasteiger partial charge in [-0.25, -0.2) is 13.4 Å². The van der Waals surface area contributed by atoms with E-state index < -0.39 is 10.0 Å². The van der Waals surface area contributed by atoms with E-state index in [2.05, 4.69) is 10.1 Å². The summed E-state index contributed by atoms with van der Waals surface area (Å²) < 4.78 is 24.4. The molecular formula is C9H15N3O2S. The lowest BCUT2D eigenvalue weighted by atomic mass is 10.4. The first-order valence-corrected chi connectivity index (χ1v) is 6.89. The van der Waals surface area contributed by atoms with Crippen LogP contribution in [0.15, 0.2) is 6.33 Å². The number of nitrogens with zero attached hydrogens (tertiary/aromatic N) is 3. The van der Waals surface area contributed by atoms with Gasteiger partial charge in [-0.1, -0.05) is 13.3 Å². The fourth-order valence-electron chi connectivity index (χ4n) is 1.34. The van der Waals surface area contributed by atoms with Gasteiger partial charge in [0.2, 0.25) is 0 Å². The van der Waals surface area contributed by atoms with Crippen LogP contribution < -0.4 is 0 Å². The summed E-state index contributed by atoms with van der Waals surface area (Å²) in [5.74, 6) is 1.22. The molecule has 1 fully saturated rings. The average Bonchev–Trinajstić information content (AvgIpc) is 2.93. The molecule has 0 saturated heterocycles. The summed E-state index contributed by atoms with van der Waals surface area (Å²) >= 11 is 0. The van der Waals surface area contributed by atoms with E-state index in [1.807, 2.05) is 6.92 Å². The van der Waals surface area contributed by atoms with Crippen LogP contribution in [0.5, 0.6) is 0 Å². The van der Waals surface area contributed by atoms with Crippen molar-refractivity contribution < 1.29 is 8.42 Å². The maximum atomic E-state index is 11.7. The fourth-order valence-corrected chi connectivity index (χ4v) is 2.58. The van der Waals surface area contributed by atoms with Crippen LogP contribution in [0.2, 0.25) is 0 Å². The molecular weight excluding hydrogens is 214 g/mol. The molecule has 2 rings (SSSR count). The number of hydrogen-bond donors (Lipinski definition) is 0. The Balaban J connectivity index is 2.13. The van der Waals surface area contributed by atoms with Gasteiger partial charge in [-0.15, -0.1) is 9.19 Å². The topological polar surface area (TPSA) is 64.8 Å². The first-order chi connectivity index (χ1) is 7.13. The van der Waals surface area contributed by atoms with Crippen molar-refractivity contribution in [3.05, 3.63) is 12.2 Å². The number of aromatic nitrogens is 3. The number of unbranched alkanes of at least 4 members (excludes halogenated alkanes) is 1. The molecule has 1 heterocycles. The van der Waals surface area contributed by atoms with Crippen molar-refractivity contribution in [2.24, 2.45) is 0 Å². The van der Waals surface area contributed by atoms with Crippen molar-refractivity contribution in [2.75, 3.05) is 5.75 Å². The Bertz CT molecular complexity index is 434. The lowest BCUT2D eigenvalue weighted by molar-refractivity contribution is 0.575. The van der Waals surface area contributed by atoms with E-state index >= 15 is 0 Å². The van der Waals surface area contributed by atoms with Crippen molar-refractivity contribution in [3.63, 3.8) is 0 Å². The molecule has 0 aliphatic heterocycles. The Morgan fingerprint density at radius 1 is 1.53 bits per heavy atom. The first-order valence-electron chi connectivity index (χ1n) is 5.28. The second-order valence-electron chi connectivity index (χ2n) is 3.92. The molecule has 1 aliphatic rings. The van der Waals surface area contributed by atoms with E-state index in [0.29, 0.717) is 18.2 Å². The third-order valence-corrected chi connectivity index (χ3v) is 4.02. The summed E-state index contributed by atoms with van der Waals surface area (Å²) in [7, 11) is -3.26. The summed E-state index contributed by atoms with van der Waals surface area (Å²) in [6.45, 7) is 1.96. The second kappa shape index (κ2) is 3.92. The Morgan fingerprint density at radius 2 is 2.27 bits per heavy atom. The van der Waals surface area contributed by atoms with Crippen LogP contribution in [-0.4, -0.2) is 28.3 Å². The van der Waals surface area contributed by atoms with Crippen molar-refractivity contribution in [1.82, 2.24) is 14.2 Å². The van der Waals surface area contributed by atoms with E-state index in [9.17, 15) is 8.42 Å². The third kappa shape index (κ3) is 2.37. The minimum absolute atomic E-state index is 0.150. The van der Waals surface area contributed by atoms with Gasteiger partial charge < -0.3 is 0 Å². The van der Waals surface area contributed by atoms with E-state index in [4.69, 9.17) is 0 Å². The van der Waals surface area contributed by atoms with Crippen LogP contribution in [0.3, 0.4) is 0 Å². The molecule has 1 aromatic heterocycles. The predicted octanol–water partition coefficient (Wildman–Crippen LogP) is 1.13. The standard InChI is InChI=1S/C9H15N3O2S/c1-2-3-6-15(13,14)12-7-10-9(11-12)8-4-5-8/h7-8H,2-6H2,1H3. The van der Waals surface area contributed by atoms with Gasteiger partial charge in [-0.05, 0) is 19.3 Å². The Kier molecular flexibility index (Phi) is 2.77. The van der Waals surface area contributed by atoms with Gasteiger partial charge in [-0.2, -0.15) is 0 Å². The smallest absolute Gasteiger partial charge is 0.218 e. The molecule has 6 heteroatoms. The Hall–Kier alpha value is -0.910. The molecule has 15 heavy (non-hydrogen) atoms. The van der Waals surface area contributed by atoms with Crippen molar-refractivity contribution in [2.45, 2.75) is 38.5 Å². The highest BCUT2D eigenvalue weighted by Gasteiger charge is 2.28. The predicted molar refractivity (Wildman–Crippen MR) is 56.1 cm³/mol. The van der Waals surface area contributed by atoms with Gasteiger partial charge in [0.05, 0.1) is 5.75 Å². The molecule has 0 aromatic carbocycles. The van der Waals surface area contributed by atoms with Crippen molar-refractivity contribution in [1.29, 1.82) is 0 Å². The summed E-state index contributed by atoms with van der Waals surface area (Å²) in [6.07, 6.45) is 5.01. The summed E-state index contributed by atoms with van der Waals surface area (Å²) in [4.78, 5) is 4.03. The normalized spacial score (nSPS) is 16.9. The molecule has 0 unspecified atom stereocenters. The van der Waals surface area contributed by atoms with Crippen LogP contribution in [0.25, 0.3) is 0 Å². The monoisotopic (exact) mass is 229 g/mol. The minimum atomic E-state index is -3.26. The molecule has 0 N–H and O–H groups in total. The lowest BCUT2D eigenvalue weighted by Crippen LogP contribution is -2.17. The maximum Gasteiger partial charge on any atom is 0.255 e. The molecule has 1 aliphatic carbocycles. The summed E-state index contributed by atoms with van der Waals surface area (Å²) in [6, 6.07) is 0. The molecule has 0 bridgehead atoms. The van der Waals surface area contributed by atoms with Gasteiger partial charge in [0.1, 0.15) is 6.33 Å². The van der Waals surface area contributed by atoms with Gasteiger partial charge in [0.15, 0.2) is 5.82 Å². The van der Waals surface area contributed by atoms with E-state index in [0.717, 1.165) is 23.3 Å². The van der Waals surface area contributed by atoms with Crippen LogP contribution in [0, 0.1) is 0 Å². The summed E-state index contributed by atoms with van der Waals surface area (Å²) in [5.41, 5.74) is 0. The molecule has 0 atom stereocenters. The van der Waals surface area contributed by atoms with E-state index in [1.54, 1.807) is 0 Å². The zero-order valence-corrected chi connectivity index (χ0v) is 9.57. The lowest BCUT2D eigenvalue weighted by Gasteiger charge is -2.01. The van der Waals surface area contributed by atoms with Crippen LogP contribution in [0.1, 0.15) is 44.3 Å². The molecule has 5 nitrogen and oxygen atoms in total. The molecule has 84 valence electrons. The molecule has 1 saturated carbocycles. The minimum Gasteiger partial charge on any atom is -0.218 e. The largest absolute Gasteiger partial charge is 0.255 e. The number of hydrogen-bond acceptors (Lipinski definition) is 4. The van der Waals surface area contributed by atoms with Crippen LogP contribution in [-0.2, 0) is 10.0 Å². The van der Waals surface area contributed by atoms with Crippen molar-refractivity contribution >= 4 is 10.0 Å².